The molecule has 0 saturated carbocycles. The third kappa shape index (κ3) is 5.05. The highest BCUT2D eigenvalue weighted by atomic mass is 16.3. The Morgan fingerprint density at radius 2 is 1.20 bits per heavy atom. The number of para-hydroxylation sites is 2. The number of nitrogens with zero attached hydrogens (tertiary/aromatic N) is 1. The van der Waals surface area contributed by atoms with Crippen LogP contribution in [0.25, 0.3) is 82.1 Å². The molecular weight excluding hydrogens is 659 g/mol. The van der Waals surface area contributed by atoms with Crippen molar-refractivity contribution in [2.75, 3.05) is 4.90 Å². The fourth-order valence-electron chi connectivity index (χ4n) is 8.12. The molecule has 0 aliphatic rings. The lowest BCUT2D eigenvalue weighted by atomic mass is 9.95. The van der Waals surface area contributed by atoms with Gasteiger partial charge in [-0.15, -0.1) is 0 Å². The van der Waals surface area contributed by atoms with E-state index in [1.807, 2.05) is 18.2 Å². The number of hydrogen-bond acceptors (Lipinski definition) is 3. The van der Waals surface area contributed by atoms with Gasteiger partial charge in [0.2, 0.25) is 0 Å². The standard InChI is InChI=1S/C51H35NO2/c1-3-33(38-22-13-17-34-15-5-7-18-39(34)38)31-36(4-2)52(37-28-30-48-45(32-37)42-21-10-12-25-47(42)53-48)46-24-11-9-20-41(46)43-23-14-26-49-50(43)44-29-27-35-16-6-8-19-40(35)51(44)54-49/h3-32H,1H2,2H3/b33-31+,36-4+. The zero-order valence-electron chi connectivity index (χ0n) is 29.8. The molecule has 0 aliphatic carbocycles. The molecule has 2 aromatic heterocycles. The minimum absolute atomic E-state index is 0.857. The smallest absolute Gasteiger partial charge is 0.143 e. The highest BCUT2D eigenvalue weighted by Crippen LogP contribution is 2.45. The van der Waals surface area contributed by atoms with Crippen LogP contribution < -0.4 is 4.90 Å². The molecule has 0 aliphatic heterocycles. The van der Waals surface area contributed by atoms with Crippen LogP contribution in [0.5, 0.6) is 0 Å². The Hall–Kier alpha value is -7.10. The Bertz CT molecular complexity index is 3150. The van der Waals surface area contributed by atoms with Crippen molar-refractivity contribution in [1.29, 1.82) is 0 Å². The summed E-state index contributed by atoms with van der Waals surface area (Å²) in [6.07, 6.45) is 6.40. The lowest BCUT2D eigenvalue weighted by Crippen LogP contribution is -2.16. The summed E-state index contributed by atoms with van der Waals surface area (Å²) in [4.78, 5) is 2.36. The highest BCUT2D eigenvalue weighted by Gasteiger charge is 2.22. The van der Waals surface area contributed by atoms with Gasteiger partial charge in [-0.05, 0) is 88.3 Å². The van der Waals surface area contributed by atoms with E-state index in [9.17, 15) is 0 Å². The summed E-state index contributed by atoms with van der Waals surface area (Å²) in [5, 5.41) is 9.00. The normalized spacial score (nSPS) is 12.5. The predicted molar refractivity (Wildman–Crippen MR) is 228 cm³/mol. The maximum absolute atomic E-state index is 6.66. The lowest BCUT2D eigenvalue weighted by Gasteiger charge is -2.29. The zero-order valence-corrected chi connectivity index (χ0v) is 29.8. The van der Waals surface area contributed by atoms with Gasteiger partial charge in [0.25, 0.3) is 0 Å². The van der Waals surface area contributed by atoms with Crippen molar-refractivity contribution in [2.45, 2.75) is 6.92 Å². The second kappa shape index (κ2) is 12.8. The van der Waals surface area contributed by atoms with Gasteiger partial charge in [0.15, 0.2) is 0 Å². The van der Waals surface area contributed by atoms with Crippen molar-refractivity contribution in [2.24, 2.45) is 0 Å². The molecule has 0 unspecified atom stereocenters. The molecule has 10 rings (SSSR count). The van der Waals surface area contributed by atoms with Gasteiger partial charge in [-0.1, -0.05) is 140 Å². The van der Waals surface area contributed by atoms with Crippen LogP contribution in [0.4, 0.5) is 11.4 Å². The first kappa shape index (κ1) is 31.6. The van der Waals surface area contributed by atoms with Gasteiger partial charge in [-0.25, -0.2) is 0 Å². The van der Waals surface area contributed by atoms with Crippen molar-refractivity contribution in [3.8, 4) is 11.1 Å². The number of fused-ring (bicyclic) bond motifs is 9. The Balaban J connectivity index is 1.23. The van der Waals surface area contributed by atoms with E-state index in [0.717, 1.165) is 94.0 Å². The molecule has 0 spiro atoms. The van der Waals surface area contributed by atoms with Gasteiger partial charge >= 0.3 is 0 Å². The summed E-state index contributed by atoms with van der Waals surface area (Å²) in [7, 11) is 0. The van der Waals surface area contributed by atoms with E-state index in [1.54, 1.807) is 0 Å². The second-order valence-corrected chi connectivity index (χ2v) is 13.6. The molecule has 0 bridgehead atoms. The van der Waals surface area contributed by atoms with Gasteiger partial charge < -0.3 is 13.7 Å². The number of benzene rings is 8. The lowest BCUT2D eigenvalue weighted by molar-refractivity contribution is 0.669. The van der Waals surface area contributed by atoms with Crippen LogP contribution >= 0.6 is 0 Å². The summed E-state index contributed by atoms with van der Waals surface area (Å²) in [6, 6.07) is 57.6. The van der Waals surface area contributed by atoms with Crippen LogP contribution in [0.3, 0.4) is 0 Å². The topological polar surface area (TPSA) is 29.5 Å². The van der Waals surface area contributed by atoms with Crippen molar-refractivity contribution in [1.82, 2.24) is 0 Å². The maximum Gasteiger partial charge on any atom is 0.143 e. The van der Waals surface area contributed by atoms with Crippen molar-refractivity contribution < 1.29 is 8.83 Å². The molecule has 2 heterocycles. The molecule has 0 atom stereocenters. The van der Waals surface area contributed by atoms with E-state index in [1.165, 1.54) is 10.8 Å². The molecule has 0 amide bonds. The predicted octanol–water partition coefficient (Wildman–Crippen LogP) is 14.8. The van der Waals surface area contributed by atoms with Crippen molar-refractivity contribution in [3.63, 3.8) is 0 Å². The zero-order chi connectivity index (χ0) is 36.2. The number of anilines is 2. The van der Waals surface area contributed by atoms with Crippen LogP contribution in [-0.4, -0.2) is 0 Å². The van der Waals surface area contributed by atoms with E-state index >= 15 is 0 Å². The average Bonchev–Trinajstić information content (AvgIpc) is 3.81. The fraction of sp³-hybridized carbons (Fsp3) is 0.0196. The van der Waals surface area contributed by atoms with E-state index in [-0.39, 0.29) is 0 Å². The van der Waals surface area contributed by atoms with Crippen LogP contribution in [-0.2, 0) is 0 Å². The molecule has 0 radical (unpaired) electrons. The molecule has 0 N–H and O–H groups in total. The van der Waals surface area contributed by atoms with E-state index in [4.69, 9.17) is 8.83 Å². The number of hydrogen-bond donors (Lipinski definition) is 0. The summed E-state index contributed by atoms with van der Waals surface area (Å²) in [5.74, 6) is 0. The van der Waals surface area contributed by atoms with Crippen molar-refractivity contribution >= 4 is 82.4 Å². The third-order valence-corrected chi connectivity index (χ3v) is 10.6. The van der Waals surface area contributed by atoms with Crippen LogP contribution in [0.15, 0.2) is 203 Å². The Morgan fingerprint density at radius 1 is 0.537 bits per heavy atom. The Kier molecular flexibility index (Phi) is 7.52. The molecule has 256 valence electrons. The summed E-state index contributed by atoms with van der Waals surface area (Å²) in [5.41, 5.74) is 10.9. The van der Waals surface area contributed by atoms with E-state index < -0.39 is 0 Å². The highest BCUT2D eigenvalue weighted by molar-refractivity contribution is 6.20. The van der Waals surface area contributed by atoms with Gasteiger partial charge in [0, 0.05) is 43.9 Å². The van der Waals surface area contributed by atoms with Gasteiger partial charge in [0.1, 0.15) is 22.3 Å². The Morgan fingerprint density at radius 3 is 2.06 bits per heavy atom. The van der Waals surface area contributed by atoms with Crippen LogP contribution in [0.2, 0.25) is 0 Å². The SMILES string of the molecule is C=C/C(=C\C(=C/C)N(c1ccc2oc3ccccc3c2c1)c1ccccc1-c1cccc2oc3c4ccccc4ccc3c12)c1cccc2ccccc12. The van der Waals surface area contributed by atoms with Crippen molar-refractivity contribution in [3.05, 3.63) is 200 Å². The summed E-state index contributed by atoms with van der Waals surface area (Å²) < 4.78 is 13.0. The largest absolute Gasteiger partial charge is 0.456 e. The quantitative estimate of drug-likeness (QED) is 0.156. The third-order valence-electron chi connectivity index (χ3n) is 10.6. The fourth-order valence-corrected chi connectivity index (χ4v) is 8.12. The minimum Gasteiger partial charge on any atom is -0.456 e. The molecule has 10 aromatic rings. The molecule has 0 fully saturated rings. The number of allylic oxidation sites excluding steroid dienone is 4. The average molecular weight is 694 g/mol. The molecular formula is C51H35NO2. The first-order chi connectivity index (χ1) is 26.7. The summed E-state index contributed by atoms with van der Waals surface area (Å²) >= 11 is 0. The Labute approximate surface area is 313 Å². The monoisotopic (exact) mass is 693 g/mol. The molecule has 54 heavy (non-hydrogen) atoms. The number of furan rings is 2. The minimum atomic E-state index is 0.857. The maximum atomic E-state index is 6.66. The van der Waals surface area contributed by atoms with Gasteiger partial charge in [0.05, 0.1) is 5.69 Å². The summed E-state index contributed by atoms with van der Waals surface area (Å²) in [6.45, 7) is 6.42. The van der Waals surface area contributed by atoms with Crippen LogP contribution in [0, 0.1) is 0 Å². The van der Waals surface area contributed by atoms with Gasteiger partial charge in [-0.3, -0.25) is 0 Å². The molecule has 3 heteroatoms. The molecule has 0 saturated heterocycles. The molecule has 3 nitrogen and oxygen atoms in total. The first-order valence-electron chi connectivity index (χ1n) is 18.3. The first-order valence-corrected chi connectivity index (χ1v) is 18.3. The molecule has 8 aromatic carbocycles. The van der Waals surface area contributed by atoms with Gasteiger partial charge in [-0.2, -0.15) is 0 Å². The van der Waals surface area contributed by atoms with E-state index in [0.29, 0.717) is 0 Å². The number of rotatable bonds is 7. The van der Waals surface area contributed by atoms with Crippen LogP contribution in [0.1, 0.15) is 12.5 Å². The van der Waals surface area contributed by atoms with E-state index in [2.05, 4.69) is 182 Å². The second-order valence-electron chi connectivity index (χ2n) is 13.6.